The number of rotatable bonds is 4. The molecule has 0 aliphatic carbocycles. The minimum Gasteiger partial charge on any atom is -0.508 e. The number of benzene rings is 1. The van der Waals surface area contributed by atoms with E-state index in [1.54, 1.807) is 12.1 Å². The quantitative estimate of drug-likeness (QED) is 0.900. The smallest absolute Gasteiger partial charge is 0.225 e. The number of hydrogen-bond donors (Lipinski definition) is 1. The van der Waals surface area contributed by atoms with Crippen LogP contribution in [0.5, 0.6) is 5.75 Å². The average molecular weight is 358 g/mol. The Morgan fingerprint density at radius 2 is 1.81 bits per heavy atom. The number of para-hydroxylation sites is 1. The first kappa shape index (κ1) is 18.7. The molecule has 2 heterocycles. The second-order valence-corrected chi connectivity index (χ2v) is 7.82. The normalized spacial score (nSPS) is 21.7. The van der Waals surface area contributed by atoms with Crippen molar-refractivity contribution in [3.05, 3.63) is 29.8 Å². The van der Waals surface area contributed by atoms with E-state index in [1.807, 2.05) is 21.9 Å². The highest BCUT2D eigenvalue weighted by Gasteiger charge is 2.31. The van der Waals surface area contributed by atoms with Crippen LogP contribution < -0.4 is 0 Å². The van der Waals surface area contributed by atoms with Gasteiger partial charge in [0.05, 0.1) is 0 Å². The molecule has 0 radical (unpaired) electrons. The van der Waals surface area contributed by atoms with Gasteiger partial charge < -0.3 is 14.9 Å². The van der Waals surface area contributed by atoms with E-state index < -0.39 is 0 Å². The van der Waals surface area contributed by atoms with E-state index in [0.717, 1.165) is 37.9 Å². The van der Waals surface area contributed by atoms with Crippen molar-refractivity contribution < 1.29 is 14.7 Å². The summed E-state index contributed by atoms with van der Waals surface area (Å²) in [6.45, 7) is 5.32. The van der Waals surface area contributed by atoms with Gasteiger partial charge in [-0.1, -0.05) is 25.1 Å². The molecular weight excluding hydrogens is 328 g/mol. The van der Waals surface area contributed by atoms with Crippen LogP contribution in [0.25, 0.3) is 0 Å². The van der Waals surface area contributed by atoms with Crippen molar-refractivity contribution in [1.29, 1.82) is 0 Å². The minimum atomic E-state index is 0.0718. The second kappa shape index (κ2) is 8.56. The number of piperidine rings is 2. The lowest BCUT2D eigenvalue weighted by atomic mass is 9.92. The molecule has 0 aromatic heterocycles. The zero-order chi connectivity index (χ0) is 18.5. The molecule has 2 aliphatic rings. The van der Waals surface area contributed by atoms with Crippen LogP contribution in [-0.4, -0.2) is 52.9 Å². The first-order valence-electron chi connectivity index (χ1n) is 9.88. The standard InChI is InChI=1S/C21H30N2O3/c1-16-5-4-12-23(15-16)21(26)18-10-13-22(14-11-18)20(25)9-8-17-6-2-3-7-19(17)24/h2-3,6-7,16,18,24H,4-5,8-15H2,1H3. The van der Waals surface area contributed by atoms with Gasteiger partial charge in [-0.15, -0.1) is 0 Å². The van der Waals surface area contributed by atoms with Crippen LogP contribution in [0.2, 0.25) is 0 Å². The predicted octanol–water partition coefficient (Wildman–Crippen LogP) is 2.82. The molecule has 142 valence electrons. The van der Waals surface area contributed by atoms with Crippen LogP contribution in [0.3, 0.4) is 0 Å². The number of aromatic hydroxyl groups is 1. The Hall–Kier alpha value is -2.04. The van der Waals surface area contributed by atoms with E-state index in [2.05, 4.69) is 6.92 Å². The summed E-state index contributed by atoms with van der Waals surface area (Å²) >= 11 is 0. The Morgan fingerprint density at radius 1 is 1.08 bits per heavy atom. The van der Waals surface area contributed by atoms with Crippen LogP contribution in [0.15, 0.2) is 24.3 Å². The zero-order valence-electron chi connectivity index (χ0n) is 15.7. The number of hydrogen-bond acceptors (Lipinski definition) is 3. The molecule has 2 aliphatic heterocycles. The molecular formula is C21H30N2O3. The summed E-state index contributed by atoms with van der Waals surface area (Å²) in [5.74, 6) is 1.33. The van der Waals surface area contributed by atoms with E-state index in [-0.39, 0.29) is 23.5 Å². The number of carbonyl (C=O) groups is 2. The van der Waals surface area contributed by atoms with Gasteiger partial charge in [0.1, 0.15) is 5.75 Å². The molecule has 1 aromatic rings. The van der Waals surface area contributed by atoms with Crippen molar-refractivity contribution in [2.24, 2.45) is 11.8 Å². The van der Waals surface area contributed by atoms with Gasteiger partial charge in [0.25, 0.3) is 0 Å². The maximum absolute atomic E-state index is 12.7. The van der Waals surface area contributed by atoms with Crippen molar-refractivity contribution in [1.82, 2.24) is 9.80 Å². The lowest BCUT2D eigenvalue weighted by Gasteiger charge is -2.37. The van der Waals surface area contributed by atoms with Crippen LogP contribution in [0.1, 0.15) is 44.6 Å². The fraction of sp³-hybridized carbons (Fsp3) is 0.619. The van der Waals surface area contributed by atoms with Gasteiger partial charge in [0.2, 0.25) is 11.8 Å². The summed E-state index contributed by atoms with van der Waals surface area (Å²) in [6, 6.07) is 7.16. The summed E-state index contributed by atoms with van der Waals surface area (Å²) in [6.07, 6.45) is 4.82. The second-order valence-electron chi connectivity index (χ2n) is 7.82. The van der Waals surface area contributed by atoms with Gasteiger partial charge in [0, 0.05) is 38.5 Å². The van der Waals surface area contributed by atoms with Gasteiger partial charge in [-0.2, -0.15) is 0 Å². The molecule has 5 nitrogen and oxygen atoms in total. The van der Waals surface area contributed by atoms with Crippen LogP contribution in [0, 0.1) is 11.8 Å². The van der Waals surface area contributed by atoms with E-state index in [0.29, 0.717) is 31.8 Å². The summed E-state index contributed by atoms with van der Waals surface area (Å²) < 4.78 is 0. The van der Waals surface area contributed by atoms with Crippen molar-refractivity contribution in [2.45, 2.75) is 45.4 Å². The van der Waals surface area contributed by atoms with Crippen LogP contribution in [0.4, 0.5) is 0 Å². The molecule has 0 spiro atoms. The molecule has 5 heteroatoms. The van der Waals surface area contributed by atoms with E-state index in [1.165, 1.54) is 6.42 Å². The monoisotopic (exact) mass is 358 g/mol. The molecule has 3 rings (SSSR count). The van der Waals surface area contributed by atoms with Gasteiger partial charge in [-0.25, -0.2) is 0 Å². The third kappa shape index (κ3) is 4.57. The summed E-state index contributed by atoms with van der Waals surface area (Å²) in [7, 11) is 0. The Bertz CT molecular complexity index is 638. The van der Waals surface area contributed by atoms with Crippen LogP contribution >= 0.6 is 0 Å². The highest BCUT2D eigenvalue weighted by atomic mass is 16.3. The maximum Gasteiger partial charge on any atom is 0.225 e. The Balaban J connectivity index is 1.45. The molecule has 0 saturated carbocycles. The van der Waals surface area contributed by atoms with Gasteiger partial charge in [0.15, 0.2) is 0 Å². The van der Waals surface area contributed by atoms with E-state index in [4.69, 9.17) is 0 Å². The lowest BCUT2D eigenvalue weighted by Crippen LogP contribution is -2.47. The summed E-state index contributed by atoms with van der Waals surface area (Å²) in [5, 5.41) is 9.80. The predicted molar refractivity (Wildman–Crippen MR) is 101 cm³/mol. The summed E-state index contributed by atoms with van der Waals surface area (Å²) in [5.41, 5.74) is 0.810. The fourth-order valence-corrected chi connectivity index (χ4v) is 4.15. The van der Waals surface area contributed by atoms with Crippen LogP contribution in [-0.2, 0) is 16.0 Å². The molecule has 2 fully saturated rings. The molecule has 1 N–H and O–H groups in total. The number of carbonyl (C=O) groups excluding carboxylic acids is 2. The molecule has 1 aromatic carbocycles. The molecule has 1 unspecified atom stereocenters. The summed E-state index contributed by atoms with van der Waals surface area (Å²) in [4.78, 5) is 29.1. The molecule has 2 amide bonds. The number of amides is 2. The first-order chi connectivity index (χ1) is 12.5. The van der Waals surface area contributed by atoms with Gasteiger partial charge in [-0.3, -0.25) is 9.59 Å². The lowest BCUT2D eigenvalue weighted by molar-refractivity contribution is -0.142. The zero-order valence-corrected chi connectivity index (χ0v) is 15.7. The Labute approximate surface area is 156 Å². The number of nitrogens with zero attached hydrogens (tertiary/aromatic N) is 2. The van der Waals surface area contributed by atoms with Crippen molar-refractivity contribution in [3.8, 4) is 5.75 Å². The topological polar surface area (TPSA) is 60.9 Å². The van der Waals surface area contributed by atoms with Crippen molar-refractivity contribution >= 4 is 11.8 Å². The third-order valence-corrected chi connectivity index (χ3v) is 5.77. The number of aryl methyl sites for hydroxylation is 1. The highest BCUT2D eigenvalue weighted by Crippen LogP contribution is 2.24. The fourth-order valence-electron chi connectivity index (χ4n) is 4.15. The third-order valence-electron chi connectivity index (χ3n) is 5.77. The molecule has 2 saturated heterocycles. The average Bonchev–Trinajstić information content (AvgIpc) is 2.66. The highest BCUT2D eigenvalue weighted by molar-refractivity contribution is 5.80. The largest absolute Gasteiger partial charge is 0.508 e. The Morgan fingerprint density at radius 3 is 2.50 bits per heavy atom. The SMILES string of the molecule is CC1CCCN(C(=O)C2CCN(C(=O)CCc3ccccc3O)CC2)C1. The van der Waals surface area contributed by atoms with Crippen molar-refractivity contribution in [2.75, 3.05) is 26.2 Å². The minimum absolute atomic E-state index is 0.0718. The molecule has 0 bridgehead atoms. The molecule has 1 atom stereocenters. The molecule has 26 heavy (non-hydrogen) atoms. The van der Waals surface area contributed by atoms with Gasteiger partial charge >= 0.3 is 0 Å². The Kier molecular flexibility index (Phi) is 6.17. The van der Waals surface area contributed by atoms with E-state index in [9.17, 15) is 14.7 Å². The number of likely N-dealkylation sites (tertiary alicyclic amines) is 2. The van der Waals surface area contributed by atoms with Crippen molar-refractivity contribution in [3.63, 3.8) is 0 Å². The van der Waals surface area contributed by atoms with E-state index >= 15 is 0 Å². The maximum atomic E-state index is 12.7. The number of phenols is 1. The van der Waals surface area contributed by atoms with Gasteiger partial charge in [-0.05, 0) is 49.7 Å². The first-order valence-corrected chi connectivity index (χ1v) is 9.88. The number of phenolic OH excluding ortho intramolecular Hbond substituents is 1.